The number of hydrogen-bond acceptors (Lipinski definition) is 4. The molecule has 2 amide bonds. The molecule has 0 aromatic carbocycles. The second kappa shape index (κ2) is 8.43. The van der Waals surface area contributed by atoms with Gasteiger partial charge in [0.15, 0.2) is 0 Å². The first-order valence-corrected chi connectivity index (χ1v) is 13.1. The molecule has 0 radical (unpaired) electrons. The Morgan fingerprint density at radius 2 is 1.87 bits per heavy atom. The molecule has 0 bridgehead atoms. The quantitative estimate of drug-likeness (QED) is 0.485. The van der Waals surface area contributed by atoms with Crippen LogP contribution >= 0.6 is 22.7 Å². The molecule has 0 atom stereocenters. The number of thiophene rings is 2. The summed E-state index contributed by atoms with van der Waals surface area (Å²) in [5, 5.41) is 8.99. The standard InChI is InChI=1S/C24H29N3O2S2/c1-14(2)25-23(29)21-16-9-5-6-10-19(16)31-24(21)26-22(28)18-13-20-17(11-12-30-20)27(18)15-7-3-4-8-15/h11-15H,3-10H2,1-2H3,(H,25,29)(H,26,28). The van der Waals surface area contributed by atoms with Crippen molar-refractivity contribution in [2.75, 3.05) is 5.32 Å². The summed E-state index contributed by atoms with van der Waals surface area (Å²) in [5.74, 6) is -0.177. The predicted octanol–water partition coefficient (Wildman–Crippen LogP) is 6.15. The Balaban J connectivity index is 1.51. The molecule has 1 saturated carbocycles. The number of anilines is 1. The highest BCUT2D eigenvalue weighted by Gasteiger charge is 2.29. The molecule has 3 heterocycles. The third-order valence-electron chi connectivity index (χ3n) is 6.43. The smallest absolute Gasteiger partial charge is 0.272 e. The minimum absolute atomic E-state index is 0.0570. The van der Waals surface area contributed by atoms with Crippen molar-refractivity contribution in [3.63, 3.8) is 0 Å². The number of aromatic nitrogens is 1. The third-order valence-corrected chi connectivity index (χ3v) is 8.49. The van der Waals surface area contributed by atoms with Gasteiger partial charge >= 0.3 is 0 Å². The van der Waals surface area contributed by atoms with Crippen LogP contribution in [0.25, 0.3) is 10.2 Å². The van der Waals surface area contributed by atoms with Gasteiger partial charge in [0.2, 0.25) is 0 Å². The van der Waals surface area contributed by atoms with Crippen LogP contribution in [-0.2, 0) is 12.8 Å². The van der Waals surface area contributed by atoms with E-state index in [-0.39, 0.29) is 17.9 Å². The average Bonchev–Trinajstić information content (AvgIpc) is 3.49. The number of nitrogens with one attached hydrogen (secondary N) is 2. The molecular formula is C24H29N3O2S2. The molecule has 0 unspecified atom stereocenters. The van der Waals surface area contributed by atoms with E-state index >= 15 is 0 Å². The fraction of sp³-hybridized carbons (Fsp3) is 0.500. The lowest BCUT2D eigenvalue weighted by molar-refractivity contribution is 0.0943. The van der Waals surface area contributed by atoms with Gasteiger partial charge in [-0.3, -0.25) is 9.59 Å². The highest BCUT2D eigenvalue weighted by atomic mass is 32.1. The lowest BCUT2D eigenvalue weighted by Gasteiger charge is -2.17. The molecule has 5 rings (SSSR count). The molecule has 1 fully saturated rings. The van der Waals surface area contributed by atoms with Crippen LogP contribution in [0.3, 0.4) is 0 Å². The van der Waals surface area contributed by atoms with Crippen LogP contribution in [0.1, 0.15) is 89.7 Å². The summed E-state index contributed by atoms with van der Waals surface area (Å²) in [7, 11) is 0. The van der Waals surface area contributed by atoms with Crippen molar-refractivity contribution < 1.29 is 9.59 Å². The molecule has 2 aliphatic carbocycles. The third kappa shape index (κ3) is 3.82. The average molecular weight is 456 g/mol. The summed E-state index contributed by atoms with van der Waals surface area (Å²) in [6.07, 6.45) is 8.82. The Morgan fingerprint density at radius 3 is 2.65 bits per heavy atom. The van der Waals surface area contributed by atoms with Gasteiger partial charge in [0, 0.05) is 17.0 Å². The van der Waals surface area contributed by atoms with E-state index in [0.29, 0.717) is 16.6 Å². The largest absolute Gasteiger partial charge is 0.350 e. The molecule has 7 heteroatoms. The second-order valence-corrected chi connectivity index (χ2v) is 11.1. The lowest BCUT2D eigenvalue weighted by Crippen LogP contribution is -2.31. The van der Waals surface area contributed by atoms with Crippen LogP contribution in [0.4, 0.5) is 5.00 Å². The first-order chi connectivity index (χ1) is 15.0. The van der Waals surface area contributed by atoms with Crippen molar-refractivity contribution in [1.29, 1.82) is 0 Å². The first-order valence-electron chi connectivity index (χ1n) is 11.4. The number of carbonyl (C=O) groups excluding carboxylic acids is 2. The number of fused-ring (bicyclic) bond motifs is 2. The van der Waals surface area contributed by atoms with E-state index in [1.807, 2.05) is 19.9 Å². The summed E-state index contributed by atoms with van der Waals surface area (Å²) in [6, 6.07) is 4.59. The molecule has 2 N–H and O–H groups in total. The maximum atomic E-state index is 13.5. The molecule has 3 aromatic rings. The van der Waals surface area contributed by atoms with E-state index in [4.69, 9.17) is 0 Å². The van der Waals surface area contributed by atoms with Gasteiger partial charge in [0.1, 0.15) is 10.7 Å². The molecule has 2 aliphatic rings. The van der Waals surface area contributed by atoms with E-state index in [0.717, 1.165) is 60.0 Å². The van der Waals surface area contributed by atoms with Crippen molar-refractivity contribution in [2.45, 2.75) is 77.3 Å². The fourth-order valence-corrected chi connectivity index (χ4v) is 7.16. The van der Waals surface area contributed by atoms with Gasteiger partial charge in [0.05, 0.1) is 15.8 Å². The highest BCUT2D eigenvalue weighted by molar-refractivity contribution is 7.17. The van der Waals surface area contributed by atoms with E-state index < -0.39 is 0 Å². The van der Waals surface area contributed by atoms with Gasteiger partial charge in [-0.15, -0.1) is 22.7 Å². The van der Waals surface area contributed by atoms with Crippen molar-refractivity contribution in [2.24, 2.45) is 0 Å². The Morgan fingerprint density at radius 1 is 1.10 bits per heavy atom. The summed E-state index contributed by atoms with van der Waals surface area (Å²) in [4.78, 5) is 27.8. The molecular weight excluding hydrogens is 426 g/mol. The van der Waals surface area contributed by atoms with E-state index in [9.17, 15) is 9.59 Å². The SMILES string of the molecule is CC(C)NC(=O)c1c(NC(=O)c2cc3sccc3n2C2CCCC2)sc2c1CCCC2. The van der Waals surface area contributed by atoms with Gasteiger partial charge < -0.3 is 15.2 Å². The summed E-state index contributed by atoms with van der Waals surface area (Å²) in [6.45, 7) is 3.94. The summed E-state index contributed by atoms with van der Waals surface area (Å²) < 4.78 is 3.40. The van der Waals surface area contributed by atoms with Crippen LogP contribution in [-0.4, -0.2) is 22.4 Å². The van der Waals surface area contributed by atoms with Crippen LogP contribution in [0.2, 0.25) is 0 Å². The molecule has 0 saturated heterocycles. The molecule has 31 heavy (non-hydrogen) atoms. The zero-order valence-corrected chi connectivity index (χ0v) is 19.8. The number of nitrogens with zero attached hydrogens (tertiary/aromatic N) is 1. The van der Waals surface area contributed by atoms with Gasteiger partial charge in [-0.1, -0.05) is 12.8 Å². The van der Waals surface area contributed by atoms with E-state index in [1.54, 1.807) is 22.7 Å². The first kappa shape index (κ1) is 20.8. The molecule has 0 aliphatic heterocycles. The minimum atomic E-state index is -0.104. The Kier molecular flexibility index (Phi) is 5.65. The minimum Gasteiger partial charge on any atom is -0.350 e. The molecule has 5 nitrogen and oxygen atoms in total. The number of carbonyl (C=O) groups is 2. The van der Waals surface area contributed by atoms with Crippen LogP contribution in [0.15, 0.2) is 17.5 Å². The van der Waals surface area contributed by atoms with Gasteiger partial charge in [-0.2, -0.15) is 0 Å². The molecule has 164 valence electrons. The Hall–Kier alpha value is -2.12. The lowest BCUT2D eigenvalue weighted by atomic mass is 9.95. The van der Waals surface area contributed by atoms with Gasteiger partial charge in [-0.05, 0) is 75.4 Å². The number of amides is 2. The van der Waals surface area contributed by atoms with Gasteiger partial charge in [0.25, 0.3) is 11.8 Å². The maximum absolute atomic E-state index is 13.5. The second-order valence-electron chi connectivity index (χ2n) is 9.01. The summed E-state index contributed by atoms with van der Waals surface area (Å²) >= 11 is 3.27. The summed E-state index contributed by atoms with van der Waals surface area (Å²) in [5.41, 5.74) is 3.69. The normalized spacial score (nSPS) is 16.7. The molecule has 3 aromatic heterocycles. The zero-order chi connectivity index (χ0) is 21.5. The van der Waals surface area contributed by atoms with Crippen LogP contribution in [0.5, 0.6) is 0 Å². The van der Waals surface area contributed by atoms with Crippen molar-refractivity contribution in [3.8, 4) is 0 Å². The van der Waals surface area contributed by atoms with Gasteiger partial charge in [-0.25, -0.2) is 0 Å². The number of aryl methyl sites for hydroxylation is 1. The van der Waals surface area contributed by atoms with Crippen molar-refractivity contribution in [3.05, 3.63) is 39.2 Å². The fourth-order valence-electron chi connectivity index (χ4n) is 5.07. The van der Waals surface area contributed by atoms with E-state index in [1.165, 1.54) is 17.7 Å². The topological polar surface area (TPSA) is 63.1 Å². The van der Waals surface area contributed by atoms with Crippen molar-refractivity contribution in [1.82, 2.24) is 9.88 Å². The monoisotopic (exact) mass is 455 g/mol. The predicted molar refractivity (Wildman–Crippen MR) is 129 cm³/mol. The number of hydrogen-bond donors (Lipinski definition) is 2. The highest BCUT2D eigenvalue weighted by Crippen LogP contribution is 2.40. The Bertz CT molecular complexity index is 1130. The van der Waals surface area contributed by atoms with Crippen molar-refractivity contribution >= 4 is 49.7 Å². The Labute approximate surface area is 190 Å². The maximum Gasteiger partial charge on any atom is 0.272 e. The number of rotatable bonds is 5. The van der Waals surface area contributed by atoms with Crippen LogP contribution < -0.4 is 10.6 Å². The molecule has 0 spiro atoms. The zero-order valence-electron chi connectivity index (χ0n) is 18.1. The van der Waals surface area contributed by atoms with E-state index in [2.05, 4.69) is 26.6 Å². The van der Waals surface area contributed by atoms with Crippen LogP contribution in [0, 0.1) is 0 Å².